The monoisotopic (exact) mass is 323 g/mol. The molecule has 3 heterocycles. The molecule has 0 radical (unpaired) electrons. The summed E-state index contributed by atoms with van der Waals surface area (Å²) in [4.78, 5) is 11.2. The molecule has 1 aliphatic rings. The third kappa shape index (κ3) is 2.85. The quantitative estimate of drug-likeness (QED) is 0.858. The molecule has 0 spiro atoms. The van der Waals surface area contributed by atoms with Crippen molar-refractivity contribution in [3.8, 4) is 0 Å². The molecule has 2 atom stereocenters. The van der Waals surface area contributed by atoms with Crippen LogP contribution >= 0.6 is 11.5 Å². The fourth-order valence-electron chi connectivity index (χ4n) is 2.50. The smallest absolute Gasteiger partial charge is 0.249 e. The Bertz CT molecular complexity index is 648. The van der Waals surface area contributed by atoms with E-state index in [0.717, 1.165) is 23.9 Å². The molecule has 7 nitrogen and oxygen atoms in total. The second-order valence-electron chi connectivity index (χ2n) is 6.59. The molecule has 0 aromatic carbocycles. The second-order valence-corrected chi connectivity index (χ2v) is 7.32. The van der Waals surface area contributed by atoms with Crippen molar-refractivity contribution in [1.82, 2.24) is 19.5 Å². The lowest BCUT2D eigenvalue weighted by Crippen LogP contribution is -2.25. The van der Waals surface area contributed by atoms with E-state index in [1.807, 2.05) is 6.92 Å². The number of aromatic nitrogens is 4. The number of methoxy groups -OCH3 is 1. The highest BCUT2D eigenvalue weighted by Gasteiger charge is 2.39. The van der Waals surface area contributed by atoms with Crippen LogP contribution in [0.5, 0.6) is 0 Å². The zero-order valence-electron chi connectivity index (χ0n) is 13.5. The molecule has 0 unspecified atom stereocenters. The van der Waals surface area contributed by atoms with E-state index >= 15 is 0 Å². The second kappa shape index (κ2) is 5.58. The summed E-state index contributed by atoms with van der Waals surface area (Å²) in [7, 11) is 1.73. The van der Waals surface area contributed by atoms with Crippen molar-refractivity contribution in [3.63, 3.8) is 0 Å². The molecule has 3 rings (SSSR count). The van der Waals surface area contributed by atoms with Gasteiger partial charge in [-0.05, 0) is 6.92 Å². The van der Waals surface area contributed by atoms with Gasteiger partial charge >= 0.3 is 0 Å². The molecule has 0 bridgehead atoms. The summed E-state index contributed by atoms with van der Waals surface area (Å²) >= 11 is 1.41. The Morgan fingerprint density at radius 3 is 2.64 bits per heavy atom. The van der Waals surface area contributed by atoms with E-state index in [1.54, 1.807) is 7.11 Å². The molecule has 1 fully saturated rings. The lowest BCUT2D eigenvalue weighted by Gasteiger charge is -2.20. The average Bonchev–Trinajstić information content (AvgIpc) is 3.15. The highest BCUT2D eigenvalue weighted by molar-refractivity contribution is 7.09. The molecular weight excluding hydrogens is 302 g/mol. The number of rotatable bonds is 3. The van der Waals surface area contributed by atoms with Gasteiger partial charge in [0.25, 0.3) is 0 Å². The van der Waals surface area contributed by atoms with Crippen LogP contribution < -0.4 is 4.90 Å². The molecule has 0 saturated carbocycles. The predicted molar refractivity (Wildman–Crippen MR) is 83.1 cm³/mol. The first-order chi connectivity index (χ1) is 10.4. The first-order valence-electron chi connectivity index (χ1n) is 7.32. The number of aryl methyl sites for hydroxylation is 1. The van der Waals surface area contributed by atoms with Crippen molar-refractivity contribution in [2.24, 2.45) is 0 Å². The van der Waals surface area contributed by atoms with Crippen molar-refractivity contribution in [3.05, 3.63) is 17.5 Å². The van der Waals surface area contributed by atoms with Crippen molar-refractivity contribution in [2.75, 3.05) is 18.6 Å². The summed E-state index contributed by atoms with van der Waals surface area (Å²) in [6.07, 6.45) is 0.932. The summed E-state index contributed by atoms with van der Waals surface area (Å²) in [5.41, 5.74) is -0.0638. The summed E-state index contributed by atoms with van der Waals surface area (Å²) in [6, 6.07) is -0.00748. The van der Waals surface area contributed by atoms with Gasteiger partial charge in [-0.1, -0.05) is 25.9 Å². The summed E-state index contributed by atoms with van der Waals surface area (Å²) in [5.74, 6) is 2.11. The Morgan fingerprint density at radius 1 is 1.32 bits per heavy atom. The van der Waals surface area contributed by atoms with E-state index in [9.17, 15) is 0 Å². The van der Waals surface area contributed by atoms with Crippen LogP contribution in [-0.2, 0) is 10.2 Å². The van der Waals surface area contributed by atoms with Crippen molar-refractivity contribution in [1.29, 1.82) is 0 Å². The van der Waals surface area contributed by atoms with Crippen LogP contribution in [0.1, 0.15) is 50.8 Å². The fraction of sp³-hybridized carbons (Fsp3) is 0.714. The molecule has 1 aliphatic heterocycles. The fourth-order valence-corrected chi connectivity index (χ4v) is 3.42. The van der Waals surface area contributed by atoms with Gasteiger partial charge in [0.2, 0.25) is 11.0 Å². The molecule has 8 heteroatoms. The Labute approximate surface area is 133 Å². The average molecular weight is 323 g/mol. The van der Waals surface area contributed by atoms with E-state index in [1.165, 1.54) is 11.5 Å². The van der Waals surface area contributed by atoms with Crippen molar-refractivity contribution >= 4 is 16.7 Å². The van der Waals surface area contributed by atoms with Gasteiger partial charge in [0.15, 0.2) is 5.82 Å². The minimum absolute atomic E-state index is 0.00748. The van der Waals surface area contributed by atoms with Crippen molar-refractivity contribution in [2.45, 2.75) is 51.7 Å². The summed E-state index contributed by atoms with van der Waals surface area (Å²) in [5, 5.41) is 4.78. The molecule has 0 amide bonds. The Balaban J connectivity index is 1.91. The molecule has 120 valence electrons. The first-order valence-corrected chi connectivity index (χ1v) is 8.09. The predicted octanol–water partition coefficient (Wildman–Crippen LogP) is 2.49. The number of nitrogens with zero attached hydrogens (tertiary/aromatic N) is 5. The van der Waals surface area contributed by atoms with Crippen molar-refractivity contribution < 1.29 is 9.26 Å². The van der Waals surface area contributed by atoms with Gasteiger partial charge in [-0.3, -0.25) is 0 Å². The molecule has 2 aromatic heterocycles. The van der Waals surface area contributed by atoms with Gasteiger partial charge in [-0.15, -0.1) is 0 Å². The number of ether oxygens (including phenoxy) is 1. The summed E-state index contributed by atoms with van der Waals surface area (Å²) in [6.45, 7) is 8.91. The van der Waals surface area contributed by atoms with Gasteiger partial charge in [0.1, 0.15) is 11.9 Å². The molecule has 0 aliphatic carbocycles. The number of anilines is 1. The third-order valence-corrected chi connectivity index (χ3v) is 4.51. The molecule has 1 saturated heterocycles. The molecule has 0 N–H and O–H groups in total. The van der Waals surface area contributed by atoms with Crippen LogP contribution in [0.2, 0.25) is 0 Å². The Morgan fingerprint density at radius 2 is 2.09 bits per heavy atom. The minimum atomic E-state index is -0.0638. The SMILES string of the molecule is CO[C@@H]1C[C@H](c2nc(C)no2)N(c2nc(C(C)(C)C)ns2)C1. The van der Waals surface area contributed by atoms with E-state index in [-0.39, 0.29) is 17.6 Å². The largest absolute Gasteiger partial charge is 0.380 e. The maximum Gasteiger partial charge on any atom is 0.249 e. The van der Waals surface area contributed by atoms with Crippen LogP contribution in [0.3, 0.4) is 0 Å². The molecule has 2 aromatic rings. The van der Waals surface area contributed by atoms with Gasteiger partial charge < -0.3 is 14.2 Å². The van der Waals surface area contributed by atoms with Gasteiger partial charge in [0.05, 0.1) is 6.10 Å². The van der Waals surface area contributed by atoms with Gasteiger partial charge in [0, 0.05) is 37.0 Å². The van der Waals surface area contributed by atoms with E-state index in [4.69, 9.17) is 14.2 Å². The van der Waals surface area contributed by atoms with E-state index in [2.05, 4.69) is 40.2 Å². The zero-order chi connectivity index (χ0) is 15.9. The van der Waals surface area contributed by atoms with Crippen LogP contribution in [0.25, 0.3) is 0 Å². The maximum absolute atomic E-state index is 5.52. The van der Waals surface area contributed by atoms with Crippen LogP contribution in [0, 0.1) is 6.92 Å². The first kappa shape index (κ1) is 15.4. The topological polar surface area (TPSA) is 77.2 Å². The van der Waals surface area contributed by atoms with Gasteiger partial charge in [-0.2, -0.15) is 9.36 Å². The third-order valence-electron chi connectivity index (χ3n) is 3.76. The lowest BCUT2D eigenvalue weighted by atomic mass is 9.96. The number of hydrogen-bond acceptors (Lipinski definition) is 8. The van der Waals surface area contributed by atoms with Crippen LogP contribution in [0.4, 0.5) is 5.13 Å². The summed E-state index contributed by atoms with van der Waals surface area (Å²) < 4.78 is 15.4. The highest BCUT2D eigenvalue weighted by atomic mass is 32.1. The Hall–Kier alpha value is -1.54. The highest BCUT2D eigenvalue weighted by Crippen LogP contribution is 2.38. The van der Waals surface area contributed by atoms with E-state index < -0.39 is 0 Å². The Kier molecular flexibility index (Phi) is 3.90. The normalized spacial score (nSPS) is 22.5. The standard InChI is InChI=1S/C14H21N5O2S/c1-8-15-11(21-17-8)10-6-9(20-5)7-19(10)13-16-12(18-22-13)14(2,3)4/h9-10H,6-7H2,1-5H3/t9-,10-/m1/s1. The van der Waals surface area contributed by atoms with Crippen LogP contribution in [0.15, 0.2) is 4.52 Å². The zero-order valence-corrected chi connectivity index (χ0v) is 14.3. The molecular formula is C14H21N5O2S. The molecule has 22 heavy (non-hydrogen) atoms. The van der Waals surface area contributed by atoms with Crippen LogP contribution in [-0.4, -0.2) is 39.3 Å². The van der Waals surface area contributed by atoms with E-state index in [0.29, 0.717) is 11.7 Å². The van der Waals surface area contributed by atoms with Gasteiger partial charge in [-0.25, -0.2) is 4.98 Å². The number of hydrogen-bond donors (Lipinski definition) is 0. The lowest BCUT2D eigenvalue weighted by molar-refractivity contribution is 0.117. The minimum Gasteiger partial charge on any atom is -0.380 e. The maximum atomic E-state index is 5.52.